The highest BCUT2D eigenvalue weighted by Crippen LogP contribution is 2.20. The Morgan fingerprint density at radius 1 is 1.19 bits per heavy atom. The van der Waals surface area contributed by atoms with Crippen LogP contribution in [-0.2, 0) is 9.84 Å². The van der Waals surface area contributed by atoms with Crippen LogP contribution in [-0.4, -0.2) is 67.0 Å². The molecule has 6 nitrogen and oxygen atoms in total. The summed E-state index contributed by atoms with van der Waals surface area (Å²) in [6.07, 6.45) is 0.507. The first-order chi connectivity index (χ1) is 12.6. The fraction of sp³-hybridized carbons (Fsp3) is 0.650. The third-order valence-corrected chi connectivity index (χ3v) is 6.86. The van der Waals surface area contributed by atoms with Crippen LogP contribution in [0.5, 0.6) is 0 Å². The molecular formula is C20H33N3O3S. The summed E-state index contributed by atoms with van der Waals surface area (Å²) in [5.74, 6) is 0.210. The minimum atomic E-state index is -3.06. The molecule has 1 saturated heterocycles. The topological polar surface area (TPSA) is 69.7 Å². The van der Waals surface area contributed by atoms with Crippen molar-refractivity contribution in [3.05, 3.63) is 29.8 Å². The molecule has 0 radical (unpaired) electrons. The van der Waals surface area contributed by atoms with E-state index in [1.54, 1.807) is 4.90 Å². The number of carbonyl (C=O) groups is 1. The van der Waals surface area contributed by atoms with Gasteiger partial charge < -0.3 is 10.2 Å². The first-order valence-electron chi connectivity index (χ1n) is 9.69. The monoisotopic (exact) mass is 395 g/mol. The number of urea groups is 1. The summed E-state index contributed by atoms with van der Waals surface area (Å²) in [5, 5.41) is 2.94. The third-order valence-electron chi connectivity index (χ3n) is 5.11. The average Bonchev–Trinajstić information content (AvgIpc) is 2.90. The van der Waals surface area contributed by atoms with Gasteiger partial charge >= 0.3 is 6.03 Å². The van der Waals surface area contributed by atoms with E-state index < -0.39 is 9.84 Å². The van der Waals surface area contributed by atoms with Crippen molar-refractivity contribution in [1.29, 1.82) is 0 Å². The van der Waals surface area contributed by atoms with Crippen LogP contribution < -0.4 is 5.32 Å². The van der Waals surface area contributed by atoms with Crippen LogP contribution in [0.2, 0.25) is 0 Å². The SMILES string of the molecule is Cc1cccc(NC(=O)N(CCN(C(C)C)C(C)C)C2CCS(=O)(=O)C2)c1. The number of sulfone groups is 1. The van der Waals surface area contributed by atoms with Crippen LogP contribution in [0.25, 0.3) is 0 Å². The highest BCUT2D eigenvalue weighted by Gasteiger charge is 2.35. The molecule has 1 fully saturated rings. The number of hydrogen-bond acceptors (Lipinski definition) is 4. The van der Waals surface area contributed by atoms with Gasteiger partial charge in [-0.25, -0.2) is 13.2 Å². The Kier molecular flexibility index (Phi) is 7.28. The molecule has 1 unspecified atom stereocenters. The molecule has 0 saturated carbocycles. The van der Waals surface area contributed by atoms with E-state index in [4.69, 9.17) is 0 Å². The minimum absolute atomic E-state index is 0.0532. The van der Waals surface area contributed by atoms with E-state index in [2.05, 4.69) is 37.9 Å². The smallest absolute Gasteiger partial charge is 0.319 e. The molecule has 1 aliphatic rings. The fourth-order valence-electron chi connectivity index (χ4n) is 3.73. The lowest BCUT2D eigenvalue weighted by Gasteiger charge is -2.35. The van der Waals surface area contributed by atoms with Gasteiger partial charge in [0.2, 0.25) is 0 Å². The molecule has 1 aromatic carbocycles. The molecule has 27 heavy (non-hydrogen) atoms. The van der Waals surface area contributed by atoms with Crippen molar-refractivity contribution in [2.24, 2.45) is 0 Å². The highest BCUT2D eigenvalue weighted by molar-refractivity contribution is 7.91. The first-order valence-corrected chi connectivity index (χ1v) is 11.5. The molecule has 2 rings (SSSR count). The van der Waals surface area contributed by atoms with Crippen molar-refractivity contribution in [1.82, 2.24) is 9.80 Å². The fourth-order valence-corrected chi connectivity index (χ4v) is 5.46. The van der Waals surface area contributed by atoms with Crippen molar-refractivity contribution in [3.63, 3.8) is 0 Å². The van der Waals surface area contributed by atoms with Crippen LogP contribution in [0.1, 0.15) is 39.7 Å². The van der Waals surface area contributed by atoms with E-state index in [0.717, 1.165) is 11.3 Å². The van der Waals surface area contributed by atoms with E-state index in [-0.39, 0.29) is 23.6 Å². The van der Waals surface area contributed by atoms with E-state index in [0.29, 0.717) is 31.6 Å². The van der Waals surface area contributed by atoms with Crippen LogP contribution >= 0.6 is 0 Å². The Hall–Kier alpha value is -1.60. The van der Waals surface area contributed by atoms with Gasteiger partial charge in [-0.15, -0.1) is 0 Å². The molecule has 0 aromatic heterocycles. The molecule has 1 atom stereocenters. The number of carbonyl (C=O) groups excluding carboxylic acids is 1. The van der Waals surface area contributed by atoms with Crippen molar-refractivity contribution in [3.8, 4) is 0 Å². The van der Waals surface area contributed by atoms with Gasteiger partial charge in [-0.1, -0.05) is 12.1 Å². The normalized spacial score (nSPS) is 19.0. The summed E-state index contributed by atoms with van der Waals surface area (Å²) < 4.78 is 23.9. The number of aryl methyl sites for hydroxylation is 1. The van der Waals surface area contributed by atoms with Crippen molar-refractivity contribution in [2.75, 3.05) is 29.9 Å². The zero-order valence-electron chi connectivity index (χ0n) is 17.1. The molecule has 2 amide bonds. The summed E-state index contributed by atoms with van der Waals surface area (Å²) in [4.78, 5) is 17.0. The molecule has 152 valence electrons. The van der Waals surface area contributed by atoms with E-state index in [1.807, 2.05) is 31.2 Å². The standard InChI is InChI=1S/C20H33N3O3S/c1-15(2)22(16(3)4)10-11-23(19-9-12-27(25,26)14-19)20(24)21-18-8-6-7-17(5)13-18/h6-8,13,15-16,19H,9-12,14H2,1-5H3,(H,21,24). The number of rotatable bonds is 7. The predicted molar refractivity (Wildman–Crippen MR) is 111 cm³/mol. The predicted octanol–water partition coefficient (Wildman–Crippen LogP) is 3.13. The van der Waals surface area contributed by atoms with Gasteiger partial charge in [-0.05, 0) is 58.7 Å². The zero-order valence-corrected chi connectivity index (χ0v) is 17.9. The van der Waals surface area contributed by atoms with Crippen molar-refractivity contribution >= 4 is 21.6 Å². The second-order valence-corrected chi connectivity index (χ2v) is 10.2. The molecule has 0 spiro atoms. The molecule has 1 N–H and O–H groups in total. The van der Waals surface area contributed by atoms with Crippen LogP contribution in [0.3, 0.4) is 0 Å². The van der Waals surface area contributed by atoms with Crippen LogP contribution in [0, 0.1) is 6.92 Å². The number of benzene rings is 1. The lowest BCUT2D eigenvalue weighted by atomic mass is 10.2. The Bertz CT molecular complexity index is 739. The summed E-state index contributed by atoms with van der Waals surface area (Å²) in [6.45, 7) is 11.7. The molecular weight excluding hydrogens is 362 g/mol. The summed E-state index contributed by atoms with van der Waals surface area (Å²) in [6, 6.07) is 7.86. The lowest BCUT2D eigenvalue weighted by Crippen LogP contribution is -2.49. The molecule has 1 aromatic rings. The molecule has 7 heteroatoms. The maximum Gasteiger partial charge on any atom is 0.322 e. The summed E-state index contributed by atoms with van der Waals surface area (Å²) in [5.41, 5.74) is 1.80. The van der Waals surface area contributed by atoms with Crippen molar-refractivity contribution < 1.29 is 13.2 Å². The van der Waals surface area contributed by atoms with Gasteiger partial charge in [0.25, 0.3) is 0 Å². The van der Waals surface area contributed by atoms with Crippen LogP contribution in [0.4, 0.5) is 10.5 Å². The van der Waals surface area contributed by atoms with Crippen molar-refractivity contribution in [2.45, 2.75) is 59.2 Å². The molecule has 0 aliphatic carbocycles. The maximum atomic E-state index is 13.0. The number of anilines is 1. The van der Waals surface area contributed by atoms with Gasteiger partial charge in [0.05, 0.1) is 11.5 Å². The highest BCUT2D eigenvalue weighted by atomic mass is 32.2. The average molecular weight is 396 g/mol. The minimum Gasteiger partial charge on any atom is -0.319 e. The number of hydrogen-bond donors (Lipinski definition) is 1. The van der Waals surface area contributed by atoms with E-state index in [9.17, 15) is 13.2 Å². The van der Waals surface area contributed by atoms with Gasteiger partial charge in [-0.2, -0.15) is 0 Å². The zero-order chi connectivity index (χ0) is 20.2. The summed E-state index contributed by atoms with van der Waals surface area (Å²) >= 11 is 0. The lowest BCUT2D eigenvalue weighted by molar-refractivity contribution is 0.138. The Morgan fingerprint density at radius 3 is 2.37 bits per heavy atom. The second kappa shape index (κ2) is 9.06. The number of nitrogens with one attached hydrogen (secondary N) is 1. The largest absolute Gasteiger partial charge is 0.322 e. The third kappa shape index (κ3) is 6.21. The Morgan fingerprint density at radius 2 is 1.85 bits per heavy atom. The summed E-state index contributed by atoms with van der Waals surface area (Å²) in [7, 11) is -3.06. The second-order valence-electron chi connectivity index (χ2n) is 7.98. The Labute approximate surface area is 163 Å². The van der Waals surface area contributed by atoms with Gasteiger partial charge in [0.15, 0.2) is 9.84 Å². The molecule has 1 aliphatic heterocycles. The van der Waals surface area contributed by atoms with Gasteiger partial charge in [0.1, 0.15) is 0 Å². The van der Waals surface area contributed by atoms with E-state index >= 15 is 0 Å². The van der Waals surface area contributed by atoms with Gasteiger partial charge in [-0.3, -0.25) is 4.90 Å². The first kappa shape index (κ1) is 21.7. The number of nitrogens with zero attached hydrogens (tertiary/aromatic N) is 2. The molecule has 0 bridgehead atoms. The van der Waals surface area contributed by atoms with Gasteiger partial charge in [0, 0.05) is 36.9 Å². The Balaban J connectivity index is 2.15. The molecule has 1 heterocycles. The quantitative estimate of drug-likeness (QED) is 0.770. The van der Waals surface area contributed by atoms with E-state index in [1.165, 1.54) is 0 Å². The number of amides is 2. The maximum absolute atomic E-state index is 13.0. The van der Waals surface area contributed by atoms with Crippen LogP contribution in [0.15, 0.2) is 24.3 Å².